The predicted molar refractivity (Wildman–Crippen MR) is 71.4 cm³/mol. The molecule has 1 atom stereocenters. The van der Waals surface area contributed by atoms with E-state index in [9.17, 15) is 8.42 Å². The van der Waals surface area contributed by atoms with Crippen molar-refractivity contribution >= 4 is 10.2 Å². The summed E-state index contributed by atoms with van der Waals surface area (Å²) in [6, 6.07) is -0.246. The molecule has 1 heterocycles. The molecule has 7 heteroatoms. The van der Waals surface area contributed by atoms with E-state index in [1.165, 1.54) is 4.31 Å². The van der Waals surface area contributed by atoms with Crippen molar-refractivity contribution in [3.05, 3.63) is 0 Å². The zero-order valence-corrected chi connectivity index (χ0v) is 12.1. The van der Waals surface area contributed by atoms with Gasteiger partial charge in [0.25, 0.3) is 10.2 Å². The van der Waals surface area contributed by atoms with Crippen LogP contribution in [-0.4, -0.2) is 52.1 Å². The highest BCUT2D eigenvalue weighted by atomic mass is 32.2. The van der Waals surface area contributed by atoms with Crippen LogP contribution in [0.4, 0.5) is 0 Å². The molecule has 1 fully saturated rings. The summed E-state index contributed by atoms with van der Waals surface area (Å²) in [4.78, 5) is 0. The Morgan fingerprint density at radius 2 is 2.06 bits per heavy atom. The van der Waals surface area contributed by atoms with Gasteiger partial charge in [0.05, 0.1) is 6.61 Å². The van der Waals surface area contributed by atoms with Crippen molar-refractivity contribution in [2.75, 3.05) is 33.4 Å². The van der Waals surface area contributed by atoms with Crippen molar-refractivity contribution in [1.29, 1.82) is 0 Å². The van der Waals surface area contributed by atoms with Gasteiger partial charge in [-0.2, -0.15) is 17.4 Å². The number of hydrogen-bond acceptors (Lipinski definition) is 4. The molecule has 1 unspecified atom stereocenters. The van der Waals surface area contributed by atoms with Gasteiger partial charge in [0.15, 0.2) is 0 Å². The Balaban J connectivity index is 2.56. The number of piperidine rings is 1. The van der Waals surface area contributed by atoms with Crippen LogP contribution in [0.2, 0.25) is 0 Å². The van der Waals surface area contributed by atoms with Crippen molar-refractivity contribution in [3.63, 3.8) is 0 Å². The SMILES string of the molecule is COCC(CCN)NS(=O)(=O)N1CCC(C)CC1. The first-order chi connectivity index (χ1) is 8.49. The highest BCUT2D eigenvalue weighted by Crippen LogP contribution is 2.18. The van der Waals surface area contributed by atoms with Crippen molar-refractivity contribution in [1.82, 2.24) is 9.03 Å². The molecule has 1 aliphatic rings. The smallest absolute Gasteiger partial charge is 0.279 e. The summed E-state index contributed by atoms with van der Waals surface area (Å²) in [5.41, 5.74) is 5.47. The molecule has 3 N–H and O–H groups in total. The van der Waals surface area contributed by atoms with E-state index in [2.05, 4.69) is 11.6 Å². The van der Waals surface area contributed by atoms with Crippen molar-refractivity contribution in [3.8, 4) is 0 Å². The van der Waals surface area contributed by atoms with E-state index in [1.807, 2.05) is 0 Å². The Kier molecular flexibility index (Phi) is 6.51. The van der Waals surface area contributed by atoms with Crippen LogP contribution in [0.25, 0.3) is 0 Å². The Hall–Kier alpha value is -0.210. The lowest BCUT2D eigenvalue weighted by atomic mass is 10.0. The second kappa shape index (κ2) is 7.40. The number of nitrogens with two attached hydrogens (primary N) is 1. The van der Waals surface area contributed by atoms with Crippen LogP contribution in [0.15, 0.2) is 0 Å². The van der Waals surface area contributed by atoms with Gasteiger partial charge in [-0.3, -0.25) is 0 Å². The van der Waals surface area contributed by atoms with Gasteiger partial charge in [0, 0.05) is 26.2 Å². The molecule has 0 saturated carbocycles. The van der Waals surface area contributed by atoms with Gasteiger partial charge in [0.2, 0.25) is 0 Å². The third kappa shape index (κ3) is 4.81. The summed E-state index contributed by atoms with van der Waals surface area (Å²) in [5, 5.41) is 0. The molecule has 108 valence electrons. The van der Waals surface area contributed by atoms with Crippen molar-refractivity contribution in [2.24, 2.45) is 11.7 Å². The van der Waals surface area contributed by atoms with Crippen LogP contribution in [0, 0.1) is 5.92 Å². The van der Waals surface area contributed by atoms with Gasteiger partial charge in [-0.15, -0.1) is 0 Å². The van der Waals surface area contributed by atoms with Crippen molar-refractivity contribution in [2.45, 2.75) is 32.2 Å². The fourth-order valence-corrected chi connectivity index (χ4v) is 3.54. The molecule has 1 rings (SSSR count). The maximum atomic E-state index is 12.2. The van der Waals surface area contributed by atoms with Crippen LogP contribution in [-0.2, 0) is 14.9 Å². The zero-order chi connectivity index (χ0) is 13.6. The van der Waals surface area contributed by atoms with Gasteiger partial charge in [-0.1, -0.05) is 6.92 Å². The Labute approximate surface area is 110 Å². The molecule has 0 amide bonds. The van der Waals surface area contributed by atoms with Gasteiger partial charge < -0.3 is 10.5 Å². The fourth-order valence-electron chi connectivity index (χ4n) is 2.09. The average molecular weight is 279 g/mol. The molecule has 0 aromatic rings. The molecule has 0 radical (unpaired) electrons. The number of methoxy groups -OCH3 is 1. The number of hydrogen-bond donors (Lipinski definition) is 2. The largest absolute Gasteiger partial charge is 0.383 e. The molecular formula is C11H25N3O3S. The van der Waals surface area contributed by atoms with Gasteiger partial charge in [-0.25, -0.2) is 0 Å². The van der Waals surface area contributed by atoms with Crippen molar-refractivity contribution < 1.29 is 13.2 Å². The van der Waals surface area contributed by atoms with E-state index in [0.29, 0.717) is 38.6 Å². The minimum absolute atomic E-state index is 0.246. The maximum Gasteiger partial charge on any atom is 0.279 e. The lowest BCUT2D eigenvalue weighted by Crippen LogP contribution is -2.49. The highest BCUT2D eigenvalue weighted by molar-refractivity contribution is 7.87. The van der Waals surface area contributed by atoms with E-state index in [0.717, 1.165) is 12.8 Å². The molecule has 0 bridgehead atoms. The molecule has 6 nitrogen and oxygen atoms in total. The molecule has 0 aliphatic carbocycles. The first kappa shape index (κ1) is 15.8. The van der Waals surface area contributed by atoms with E-state index in [4.69, 9.17) is 10.5 Å². The molecule has 0 aromatic carbocycles. The van der Waals surface area contributed by atoms with Crippen LogP contribution >= 0.6 is 0 Å². The summed E-state index contributed by atoms with van der Waals surface area (Å²) in [7, 11) is -1.85. The molecule has 1 aliphatic heterocycles. The summed E-state index contributed by atoms with van der Waals surface area (Å²) < 4.78 is 33.5. The molecule has 1 saturated heterocycles. The van der Waals surface area contributed by atoms with Gasteiger partial charge in [-0.05, 0) is 31.7 Å². The second-order valence-electron chi connectivity index (χ2n) is 4.93. The molecule has 18 heavy (non-hydrogen) atoms. The fraction of sp³-hybridized carbons (Fsp3) is 1.00. The first-order valence-corrected chi connectivity index (χ1v) is 7.90. The summed E-state index contributed by atoms with van der Waals surface area (Å²) in [6.45, 7) is 4.13. The van der Waals surface area contributed by atoms with E-state index < -0.39 is 10.2 Å². The average Bonchev–Trinajstić information content (AvgIpc) is 2.29. The predicted octanol–water partition coefficient (Wildman–Crippen LogP) is -0.0835. The van der Waals surface area contributed by atoms with Crippen LogP contribution < -0.4 is 10.5 Å². The quantitative estimate of drug-likeness (QED) is 0.682. The standard InChI is InChI=1S/C11H25N3O3S/c1-10-4-7-14(8-5-10)18(15,16)13-11(3-6-12)9-17-2/h10-11,13H,3-9,12H2,1-2H3. The monoisotopic (exact) mass is 279 g/mol. The number of nitrogens with zero attached hydrogens (tertiary/aromatic N) is 1. The molecule has 0 aromatic heterocycles. The Bertz CT molecular complexity index is 320. The van der Waals surface area contributed by atoms with Gasteiger partial charge >= 0.3 is 0 Å². The number of rotatable bonds is 7. The molecule has 0 spiro atoms. The lowest BCUT2D eigenvalue weighted by molar-refractivity contribution is 0.170. The second-order valence-corrected chi connectivity index (χ2v) is 6.64. The van der Waals surface area contributed by atoms with Crippen LogP contribution in [0.1, 0.15) is 26.2 Å². The third-order valence-electron chi connectivity index (χ3n) is 3.28. The van der Waals surface area contributed by atoms with E-state index in [1.54, 1.807) is 7.11 Å². The Morgan fingerprint density at radius 1 is 1.44 bits per heavy atom. The number of ether oxygens (including phenoxy) is 1. The number of nitrogens with one attached hydrogen (secondary N) is 1. The maximum absolute atomic E-state index is 12.2. The minimum atomic E-state index is -3.40. The third-order valence-corrected chi connectivity index (χ3v) is 4.96. The van der Waals surface area contributed by atoms with Crippen LogP contribution in [0.3, 0.4) is 0 Å². The Morgan fingerprint density at radius 3 is 2.56 bits per heavy atom. The lowest BCUT2D eigenvalue weighted by Gasteiger charge is -2.31. The van der Waals surface area contributed by atoms with Crippen LogP contribution in [0.5, 0.6) is 0 Å². The first-order valence-electron chi connectivity index (χ1n) is 6.46. The highest BCUT2D eigenvalue weighted by Gasteiger charge is 2.28. The molecular weight excluding hydrogens is 254 g/mol. The normalized spacial score (nSPS) is 21.1. The van der Waals surface area contributed by atoms with E-state index >= 15 is 0 Å². The van der Waals surface area contributed by atoms with E-state index in [-0.39, 0.29) is 6.04 Å². The zero-order valence-electron chi connectivity index (χ0n) is 11.3. The summed E-state index contributed by atoms with van der Waals surface area (Å²) in [5.74, 6) is 0.607. The summed E-state index contributed by atoms with van der Waals surface area (Å²) in [6.07, 6.45) is 2.43. The minimum Gasteiger partial charge on any atom is -0.383 e. The van der Waals surface area contributed by atoms with Gasteiger partial charge in [0.1, 0.15) is 0 Å². The summed E-state index contributed by atoms with van der Waals surface area (Å²) >= 11 is 0. The topological polar surface area (TPSA) is 84.7 Å².